The third-order valence-electron chi connectivity index (χ3n) is 6.70. The maximum absolute atomic E-state index is 14.0. The average molecular weight is 619 g/mol. The number of nitrogens with zero attached hydrogens (tertiary/aromatic N) is 2. The Balaban J connectivity index is 2.05. The first-order chi connectivity index (χ1) is 19.3. The van der Waals surface area contributed by atoms with E-state index >= 15 is 0 Å². The molecule has 0 spiro atoms. The van der Waals surface area contributed by atoms with Gasteiger partial charge >= 0.3 is 0 Å². The van der Waals surface area contributed by atoms with Gasteiger partial charge in [-0.05, 0) is 60.7 Å². The number of carbonyl (C=O) groups is 2. The zero-order valence-corrected chi connectivity index (χ0v) is 26.3. The lowest BCUT2D eigenvalue weighted by Gasteiger charge is -2.32. The van der Waals surface area contributed by atoms with Crippen molar-refractivity contribution in [2.45, 2.75) is 58.0 Å². The molecule has 0 aliphatic carbocycles. The van der Waals surface area contributed by atoms with Gasteiger partial charge < -0.3 is 10.2 Å². The molecule has 2 amide bonds. The van der Waals surface area contributed by atoms with Gasteiger partial charge in [-0.3, -0.25) is 13.9 Å². The summed E-state index contributed by atoms with van der Waals surface area (Å²) < 4.78 is 28.9. The van der Waals surface area contributed by atoms with Crippen LogP contribution in [-0.2, 0) is 26.2 Å². The van der Waals surface area contributed by atoms with Crippen molar-refractivity contribution in [3.63, 3.8) is 0 Å². The molecule has 3 rings (SSSR count). The van der Waals surface area contributed by atoms with Crippen molar-refractivity contribution in [3.05, 3.63) is 94.0 Å². The number of nitrogens with one attached hydrogen (secondary N) is 1. The number of amides is 2. The summed E-state index contributed by atoms with van der Waals surface area (Å²) in [5.74, 6) is -0.505. The molecule has 0 bridgehead atoms. The highest BCUT2D eigenvalue weighted by molar-refractivity contribution is 7.92. The van der Waals surface area contributed by atoms with Crippen LogP contribution in [0, 0.1) is 5.92 Å². The normalized spacial score (nSPS) is 12.3. The second kappa shape index (κ2) is 14.2. The number of hydrogen-bond donors (Lipinski definition) is 1. The molecule has 220 valence electrons. The fraction of sp³-hybridized carbons (Fsp3) is 0.355. The van der Waals surface area contributed by atoms with Gasteiger partial charge in [0, 0.05) is 28.7 Å². The van der Waals surface area contributed by atoms with E-state index in [0.29, 0.717) is 27.8 Å². The van der Waals surface area contributed by atoms with Crippen molar-refractivity contribution >= 4 is 50.7 Å². The average Bonchev–Trinajstić information content (AvgIpc) is 2.94. The number of benzene rings is 3. The highest BCUT2D eigenvalue weighted by atomic mass is 35.5. The van der Waals surface area contributed by atoms with E-state index in [4.69, 9.17) is 23.2 Å². The van der Waals surface area contributed by atoms with Crippen LogP contribution >= 0.6 is 23.2 Å². The number of rotatable bonds is 12. The molecule has 1 atom stereocenters. The Kier molecular flexibility index (Phi) is 11.2. The molecule has 0 aliphatic rings. The Morgan fingerprint density at radius 2 is 1.41 bits per heavy atom. The van der Waals surface area contributed by atoms with Crippen LogP contribution in [-0.4, -0.2) is 44.3 Å². The van der Waals surface area contributed by atoms with Gasteiger partial charge in [0.1, 0.15) is 12.6 Å². The fourth-order valence-corrected chi connectivity index (χ4v) is 6.11. The van der Waals surface area contributed by atoms with E-state index in [-0.39, 0.29) is 29.2 Å². The summed E-state index contributed by atoms with van der Waals surface area (Å²) in [6.45, 7) is 9.42. The maximum Gasteiger partial charge on any atom is 0.264 e. The molecule has 0 saturated heterocycles. The van der Waals surface area contributed by atoms with Crippen LogP contribution in [0.5, 0.6) is 0 Å². The van der Waals surface area contributed by atoms with Gasteiger partial charge in [0.2, 0.25) is 11.8 Å². The van der Waals surface area contributed by atoms with E-state index in [1.54, 1.807) is 55.5 Å². The third kappa shape index (κ3) is 8.24. The van der Waals surface area contributed by atoms with Crippen LogP contribution in [0.4, 0.5) is 5.69 Å². The first-order valence-corrected chi connectivity index (χ1v) is 15.7. The van der Waals surface area contributed by atoms with Crippen molar-refractivity contribution in [2.24, 2.45) is 5.92 Å². The summed E-state index contributed by atoms with van der Waals surface area (Å²) in [4.78, 5) is 28.5. The van der Waals surface area contributed by atoms with E-state index in [1.807, 2.05) is 39.8 Å². The Bertz CT molecular complexity index is 1430. The largest absolute Gasteiger partial charge is 0.354 e. The smallest absolute Gasteiger partial charge is 0.264 e. The number of anilines is 1. The van der Waals surface area contributed by atoms with Crippen molar-refractivity contribution < 1.29 is 18.0 Å². The van der Waals surface area contributed by atoms with Gasteiger partial charge in [0.15, 0.2) is 0 Å². The summed E-state index contributed by atoms with van der Waals surface area (Å²) in [5, 5.41) is 3.53. The van der Waals surface area contributed by atoms with Crippen LogP contribution in [0.2, 0.25) is 10.0 Å². The minimum absolute atomic E-state index is 0.0455. The topological polar surface area (TPSA) is 86.8 Å². The molecule has 0 saturated carbocycles. The number of sulfonamides is 1. The second-order valence-corrected chi connectivity index (χ2v) is 13.3. The van der Waals surface area contributed by atoms with Crippen molar-refractivity contribution in [3.8, 4) is 0 Å². The molecule has 0 unspecified atom stereocenters. The molecule has 0 aromatic heterocycles. The predicted molar refractivity (Wildman–Crippen MR) is 166 cm³/mol. The monoisotopic (exact) mass is 617 g/mol. The third-order valence-corrected chi connectivity index (χ3v) is 9.20. The van der Waals surface area contributed by atoms with Crippen LogP contribution in [0.3, 0.4) is 0 Å². The number of hydrogen-bond acceptors (Lipinski definition) is 4. The van der Waals surface area contributed by atoms with E-state index < -0.39 is 28.5 Å². The Morgan fingerprint density at radius 3 is 1.95 bits per heavy atom. The molecule has 0 aliphatic heterocycles. The highest BCUT2D eigenvalue weighted by Gasteiger charge is 2.33. The van der Waals surface area contributed by atoms with Crippen LogP contribution in [0.25, 0.3) is 0 Å². The van der Waals surface area contributed by atoms with E-state index in [2.05, 4.69) is 5.32 Å². The van der Waals surface area contributed by atoms with Gasteiger partial charge in [0.25, 0.3) is 10.0 Å². The lowest BCUT2D eigenvalue weighted by molar-refractivity contribution is -0.139. The molecule has 1 N–H and O–H groups in total. The standard InChI is InChI=1S/C31H37Cl2N3O4S/c1-21(2)18-34-31(38)23(5)35(19-27-28(32)12-9-13-29(27)33)30(37)20-36(25-16-14-24(15-17-25)22(3)4)41(39,40)26-10-7-6-8-11-26/h6-17,21-23H,18-20H2,1-5H3,(H,34,38)/t23-/m0/s1. The first kappa shape index (κ1) is 32.4. The van der Waals surface area contributed by atoms with Gasteiger partial charge in [-0.1, -0.05) is 87.3 Å². The van der Waals surface area contributed by atoms with Gasteiger partial charge in [-0.2, -0.15) is 0 Å². The maximum atomic E-state index is 14.0. The summed E-state index contributed by atoms with van der Waals surface area (Å²) in [6.07, 6.45) is 0. The quantitative estimate of drug-likeness (QED) is 0.251. The molecule has 10 heteroatoms. The molecule has 0 fully saturated rings. The predicted octanol–water partition coefficient (Wildman–Crippen LogP) is 6.50. The zero-order valence-electron chi connectivity index (χ0n) is 24.0. The summed E-state index contributed by atoms with van der Waals surface area (Å²) in [7, 11) is -4.14. The van der Waals surface area contributed by atoms with E-state index in [0.717, 1.165) is 9.87 Å². The summed E-state index contributed by atoms with van der Waals surface area (Å²) >= 11 is 12.9. The Morgan fingerprint density at radius 1 is 0.829 bits per heavy atom. The minimum Gasteiger partial charge on any atom is -0.354 e. The molecule has 0 radical (unpaired) electrons. The zero-order chi connectivity index (χ0) is 30.3. The number of halogens is 2. The van der Waals surface area contributed by atoms with Gasteiger partial charge in [-0.25, -0.2) is 8.42 Å². The Labute approximate surface area is 253 Å². The first-order valence-electron chi connectivity index (χ1n) is 13.5. The van der Waals surface area contributed by atoms with Crippen molar-refractivity contribution in [2.75, 3.05) is 17.4 Å². The van der Waals surface area contributed by atoms with Crippen molar-refractivity contribution in [1.29, 1.82) is 0 Å². The highest BCUT2D eigenvalue weighted by Crippen LogP contribution is 2.29. The Hall–Kier alpha value is -3.07. The second-order valence-electron chi connectivity index (χ2n) is 10.6. The van der Waals surface area contributed by atoms with Crippen LogP contribution < -0.4 is 9.62 Å². The molecule has 3 aromatic carbocycles. The summed E-state index contributed by atoms with van der Waals surface area (Å²) in [6, 6.07) is 19.1. The molecule has 41 heavy (non-hydrogen) atoms. The van der Waals surface area contributed by atoms with Crippen LogP contribution in [0.1, 0.15) is 51.7 Å². The van der Waals surface area contributed by atoms with Gasteiger partial charge in [-0.15, -0.1) is 0 Å². The van der Waals surface area contributed by atoms with E-state index in [1.165, 1.54) is 17.0 Å². The summed E-state index contributed by atoms with van der Waals surface area (Å²) in [5.41, 5.74) is 1.83. The van der Waals surface area contributed by atoms with Crippen LogP contribution in [0.15, 0.2) is 77.7 Å². The van der Waals surface area contributed by atoms with Gasteiger partial charge in [0.05, 0.1) is 10.6 Å². The SMILES string of the molecule is CC(C)CNC(=O)[C@H](C)N(Cc1c(Cl)cccc1Cl)C(=O)CN(c1ccc(C(C)C)cc1)S(=O)(=O)c1ccccc1. The minimum atomic E-state index is -4.14. The van der Waals surface area contributed by atoms with Crippen molar-refractivity contribution in [1.82, 2.24) is 10.2 Å². The molecular formula is C31H37Cl2N3O4S. The lowest BCUT2D eigenvalue weighted by Crippen LogP contribution is -2.51. The molecule has 7 nitrogen and oxygen atoms in total. The lowest BCUT2D eigenvalue weighted by atomic mass is 10.0. The van der Waals surface area contributed by atoms with E-state index in [9.17, 15) is 18.0 Å². The molecular weight excluding hydrogens is 581 g/mol. The molecule has 0 heterocycles. The fourth-order valence-electron chi connectivity index (χ4n) is 4.16. The number of carbonyl (C=O) groups excluding carboxylic acids is 2. The molecule has 3 aromatic rings.